The molecule has 0 fully saturated rings. The lowest BCUT2D eigenvalue weighted by Gasteiger charge is -2.15. The number of carbonyl (C=O) groups excluding carboxylic acids is 3. The zero-order valence-electron chi connectivity index (χ0n) is 15.8. The van der Waals surface area contributed by atoms with Gasteiger partial charge in [0.25, 0.3) is 5.91 Å². The third-order valence-corrected chi connectivity index (χ3v) is 3.49. The van der Waals surface area contributed by atoms with Crippen molar-refractivity contribution in [3.8, 4) is 0 Å². The van der Waals surface area contributed by atoms with Gasteiger partial charge in [0.05, 0.1) is 12.6 Å². The van der Waals surface area contributed by atoms with Crippen LogP contribution in [-0.4, -0.2) is 31.1 Å². The van der Waals surface area contributed by atoms with Gasteiger partial charge in [0, 0.05) is 12.2 Å². The Kier molecular flexibility index (Phi) is 9.12. The molecule has 1 atom stereocenters. The van der Waals surface area contributed by atoms with Crippen molar-refractivity contribution in [2.45, 2.75) is 40.2 Å². The molecule has 1 amide bonds. The van der Waals surface area contributed by atoms with Crippen LogP contribution in [0.1, 0.15) is 44.9 Å². The average Bonchev–Trinajstić information content (AvgIpc) is 2.58. The van der Waals surface area contributed by atoms with E-state index in [2.05, 4.69) is 36.0 Å². The van der Waals surface area contributed by atoms with Crippen molar-refractivity contribution in [3.05, 3.63) is 47.5 Å². The Morgan fingerprint density at radius 1 is 1.00 bits per heavy atom. The molecule has 0 saturated heterocycles. The number of rotatable bonds is 9. The Balaban J connectivity index is 2.42. The molecule has 1 aromatic carbocycles. The number of hydrogen-bond acceptors (Lipinski definition) is 5. The summed E-state index contributed by atoms with van der Waals surface area (Å²) in [7, 11) is 0. The Labute approximate surface area is 154 Å². The van der Waals surface area contributed by atoms with E-state index >= 15 is 0 Å². The van der Waals surface area contributed by atoms with Crippen LogP contribution in [0.2, 0.25) is 0 Å². The molecule has 0 aliphatic carbocycles. The van der Waals surface area contributed by atoms with Crippen molar-refractivity contribution in [2.75, 3.05) is 13.2 Å². The highest BCUT2D eigenvalue weighted by Gasteiger charge is 2.11. The van der Waals surface area contributed by atoms with Gasteiger partial charge in [0.15, 0.2) is 6.61 Å². The molecule has 142 valence electrons. The van der Waals surface area contributed by atoms with Gasteiger partial charge in [0.2, 0.25) is 0 Å². The number of nitrogens with one attached hydrogen (secondary N) is 1. The molecule has 0 aromatic heterocycles. The predicted molar refractivity (Wildman–Crippen MR) is 98.3 cm³/mol. The number of hydrogen-bond donors (Lipinski definition) is 1. The fraction of sp³-hybridized carbons (Fsp3) is 0.450. The molecule has 0 aliphatic heterocycles. The molecule has 26 heavy (non-hydrogen) atoms. The third-order valence-electron chi connectivity index (χ3n) is 3.49. The Morgan fingerprint density at radius 2 is 1.58 bits per heavy atom. The van der Waals surface area contributed by atoms with E-state index in [1.165, 1.54) is 5.56 Å². The van der Waals surface area contributed by atoms with Crippen molar-refractivity contribution in [1.82, 2.24) is 5.32 Å². The van der Waals surface area contributed by atoms with Crippen molar-refractivity contribution < 1.29 is 23.9 Å². The molecular formula is C20H27NO5. The standard InChI is InChI=1S/C20H27NO5/c1-5-25-19(23)10-11-20(24)26-13-18(22)21-15(4)17-8-6-16(7-9-17)12-14(2)3/h6-11,14-15H,5,12-13H2,1-4H3,(H,21,22)/b11-10+/t15-/m0/s1. The van der Waals surface area contributed by atoms with Gasteiger partial charge in [-0.1, -0.05) is 38.1 Å². The van der Waals surface area contributed by atoms with Gasteiger partial charge in [-0.2, -0.15) is 0 Å². The number of benzene rings is 1. The van der Waals surface area contributed by atoms with Gasteiger partial charge in [-0.15, -0.1) is 0 Å². The van der Waals surface area contributed by atoms with Gasteiger partial charge < -0.3 is 14.8 Å². The molecule has 0 saturated carbocycles. The topological polar surface area (TPSA) is 81.7 Å². The lowest BCUT2D eigenvalue weighted by Crippen LogP contribution is -2.30. The molecule has 1 rings (SSSR count). The maximum Gasteiger partial charge on any atom is 0.331 e. The first-order valence-electron chi connectivity index (χ1n) is 8.71. The van der Waals surface area contributed by atoms with Gasteiger partial charge in [0.1, 0.15) is 0 Å². The van der Waals surface area contributed by atoms with E-state index in [9.17, 15) is 14.4 Å². The minimum Gasteiger partial charge on any atom is -0.463 e. The molecule has 1 N–H and O–H groups in total. The molecule has 0 heterocycles. The molecule has 0 bridgehead atoms. The number of esters is 2. The molecule has 6 heteroatoms. The summed E-state index contributed by atoms with van der Waals surface area (Å²) in [6, 6.07) is 7.87. The van der Waals surface area contributed by atoms with E-state index in [-0.39, 0.29) is 12.6 Å². The molecule has 0 radical (unpaired) electrons. The number of carbonyl (C=O) groups is 3. The monoisotopic (exact) mass is 361 g/mol. The largest absolute Gasteiger partial charge is 0.463 e. The van der Waals surface area contributed by atoms with E-state index in [0.717, 1.165) is 24.1 Å². The van der Waals surface area contributed by atoms with Crippen LogP contribution in [0.3, 0.4) is 0 Å². The average molecular weight is 361 g/mol. The van der Waals surface area contributed by atoms with E-state index in [1.54, 1.807) is 6.92 Å². The quantitative estimate of drug-likeness (QED) is 0.540. The molecule has 1 aromatic rings. The van der Waals surface area contributed by atoms with E-state index in [0.29, 0.717) is 5.92 Å². The second-order valence-corrected chi connectivity index (χ2v) is 6.32. The van der Waals surface area contributed by atoms with E-state index < -0.39 is 24.5 Å². The summed E-state index contributed by atoms with van der Waals surface area (Å²) in [5.41, 5.74) is 2.23. The summed E-state index contributed by atoms with van der Waals surface area (Å²) < 4.78 is 9.42. The third kappa shape index (κ3) is 8.46. The maximum atomic E-state index is 11.9. The highest BCUT2D eigenvalue weighted by Crippen LogP contribution is 2.15. The molecule has 6 nitrogen and oxygen atoms in total. The highest BCUT2D eigenvalue weighted by molar-refractivity contribution is 5.92. The van der Waals surface area contributed by atoms with E-state index in [1.807, 2.05) is 19.1 Å². The lowest BCUT2D eigenvalue weighted by molar-refractivity contribution is -0.144. The van der Waals surface area contributed by atoms with Crippen LogP contribution in [0, 0.1) is 5.92 Å². The van der Waals surface area contributed by atoms with Crippen LogP contribution in [0.15, 0.2) is 36.4 Å². The zero-order chi connectivity index (χ0) is 19.5. The van der Waals surface area contributed by atoms with Crippen molar-refractivity contribution in [2.24, 2.45) is 5.92 Å². The summed E-state index contributed by atoms with van der Waals surface area (Å²) in [6.07, 6.45) is 2.91. The van der Waals surface area contributed by atoms with Gasteiger partial charge in [-0.05, 0) is 37.3 Å². The van der Waals surface area contributed by atoms with Crippen LogP contribution < -0.4 is 5.32 Å². The maximum absolute atomic E-state index is 11.9. The van der Waals surface area contributed by atoms with Gasteiger partial charge >= 0.3 is 11.9 Å². The summed E-state index contributed by atoms with van der Waals surface area (Å²) in [6.45, 7) is 7.66. The number of ether oxygens (including phenoxy) is 2. The van der Waals surface area contributed by atoms with Crippen LogP contribution in [0.25, 0.3) is 0 Å². The number of amides is 1. The highest BCUT2D eigenvalue weighted by atomic mass is 16.5. The van der Waals surface area contributed by atoms with Gasteiger partial charge in [-0.25, -0.2) is 9.59 Å². The molecular weight excluding hydrogens is 334 g/mol. The zero-order valence-corrected chi connectivity index (χ0v) is 15.8. The van der Waals surface area contributed by atoms with Crippen LogP contribution >= 0.6 is 0 Å². The minimum absolute atomic E-state index is 0.204. The Bertz CT molecular complexity index is 634. The minimum atomic E-state index is -0.779. The van der Waals surface area contributed by atoms with Crippen molar-refractivity contribution >= 4 is 17.8 Å². The second-order valence-electron chi connectivity index (χ2n) is 6.32. The van der Waals surface area contributed by atoms with Crippen LogP contribution in [-0.2, 0) is 30.3 Å². The van der Waals surface area contributed by atoms with E-state index in [4.69, 9.17) is 4.74 Å². The summed E-state index contributed by atoms with van der Waals surface area (Å²) in [5, 5.41) is 2.77. The van der Waals surface area contributed by atoms with Crippen molar-refractivity contribution in [1.29, 1.82) is 0 Å². The van der Waals surface area contributed by atoms with Crippen LogP contribution in [0.5, 0.6) is 0 Å². The first kappa shape index (κ1) is 21.4. The second kappa shape index (κ2) is 11.1. The normalized spacial score (nSPS) is 12.0. The summed E-state index contributed by atoms with van der Waals surface area (Å²) in [5.74, 6) is -1.24. The molecule has 0 aliphatic rings. The first-order valence-corrected chi connectivity index (χ1v) is 8.71. The first-order chi connectivity index (χ1) is 12.3. The summed E-state index contributed by atoms with van der Waals surface area (Å²) >= 11 is 0. The van der Waals surface area contributed by atoms with Crippen LogP contribution in [0.4, 0.5) is 0 Å². The SMILES string of the molecule is CCOC(=O)/C=C/C(=O)OCC(=O)N[C@@H](C)c1ccc(CC(C)C)cc1. The Morgan fingerprint density at radius 3 is 2.12 bits per heavy atom. The fourth-order valence-electron chi connectivity index (χ4n) is 2.29. The lowest BCUT2D eigenvalue weighted by atomic mass is 10.00. The Hall–Kier alpha value is -2.63. The smallest absolute Gasteiger partial charge is 0.331 e. The van der Waals surface area contributed by atoms with Gasteiger partial charge in [-0.3, -0.25) is 4.79 Å². The molecule has 0 unspecified atom stereocenters. The fourth-order valence-corrected chi connectivity index (χ4v) is 2.29. The van der Waals surface area contributed by atoms with Crippen molar-refractivity contribution in [3.63, 3.8) is 0 Å². The molecule has 0 spiro atoms. The predicted octanol–water partition coefficient (Wildman–Crippen LogP) is 2.72. The summed E-state index contributed by atoms with van der Waals surface area (Å²) in [4.78, 5) is 34.4.